The van der Waals surface area contributed by atoms with Crippen molar-refractivity contribution in [2.24, 2.45) is 4.99 Å². The maximum absolute atomic E-state index is 16.2. The first-order valence-corrected chi connectivity index (χ1v) is 13.8. The second-order valence-corrected chi connectivity index (χ2v) is 10.3. The molecule has 1 fully saturated rings. The summed E-state index contributed by atoms with van der Waals surface area (Å²) in [6, 6.07) is 12.8. The molecule has 1 amide bonds. The Morgan fingerprint density at radius 3 is 2.71 bits per heavy atom. The number of aromatic nitrogens is 1. The molecule has 0 saturated carbocycles. The van der Waals surface area contributed by atoms with Crippen LogP contribution in [0.5, 0.6) is 11.5 Å². The van der Waals surface area contributed by atoms with Gasteiger partial charge in [0.05, 0.1) is 30.6 Å². The lowest BCUT2D eigenvalue weighted by Gasteiger charge is -2.30. The highest BCUT2D eigenvalue weighted by Gasteiger charge is 2.32. The Morgan fingerprint density at radius 1 is 1.02 bits per heavy atom. The molecule has 0 spiro atoms. The summed E-state index contributed by atoms with van der Waals surface area (Å²) >= 11 is 0. The molecule has 4 aromatic rings. The van der Waals surface area contributed by atoms with E-state index in [2.05, 4.69) is 4.99 Å². The molecule has 1 aromatic heterocycles. The van der Waals surface area contributed by atoms with Crippen LogP contribution in [0.3, 0.4) is 0 Å². The number of hydrogen-bond donors (Lipinski definition) is 0. The number of allylic oxidation sites excluding steroid dienone is 5. The molecular weight excluding hydrogens is 535 g/mol. The summed E-state index contributed by atoms with van der Waals surface area (Å²) < 4.78 is 29.9. The Balaban J connectivity index is 1.53. The number of rotatable bonds is 2. The van der Waals surface area contributed by atoms with Crippen LogP contribution in [0.15, 0.2) is 94.6 Å². The molecule has 3 aliphatic heterocycles. The van der Waals surface area contributed by atoms with Crippen molar-refractivity contribution in [2.45, 2.75) is 13.3 Å². The van der Waals surface area contributed by atoms with Crippen LogP contribution in [-0.2, 0) is 4.74 Å². The van der Waals surface area contributed by atoms with Gasteiger partial charge in [-0.05, 0) is 36.9 Å². The lowest BCUT2D eigenvalue weighted by Crippen LogP contribution is -2.42. The average Bonchev–Trinajstić information content (AvgIpc) is 3.02. The van der Waals surface area contributed by atoms with E-state index in [4.69, 9.17) is 9.47 Å². The monoisotopic (exact) mass is 562 g/mol. The SMILES string of the molecule is C/C1=C\C=CC/C=C/N(c2c(F)cc3c(=O)c(C(=O)N4CCOCC4)cn4c3c2Oc2ccc3ccccc3c2-4)C=N1. The maximum atomic E-state index is 16.2. The van der Waals surface area contributed by atoms with E-state index in [0.717, 1.165) is 16.5 Å². The van der Waals surface area contributed by atoms with Gasteiger partial charge in [-0.2, -0.15) is 0 Å². The first-order valence-electron chi connectivity index (χ1n) is 13.8. The molecule has 0 N–H and O–H groups in total. The molecule has 0 radical (unpaired) electrons. The first kappa shape index (κ1) is 25.9. The molecule has 0 atom stereocenters. The van der Waals surface area contributed by atoms with E-state index < -0.39 is 17.2 Å². The summed E-state index contributed by atoms with van der Waals surface area (Å²) in [6.45, 7) is 3.40. The fourth-order valence-electron chi connectivity index (χ4n) is 5.60. The summed E-state index contributed by atoms with van der Waals surface area (Å²) in [7, 11) is 0. The van der Waals surface area contributed by atoms with Crippen molar-refractivity contribution in [1.82, 2.24) is 9.47 Å². The number of anilines is 1. The molecule has 4 heterocycles. The summed E-state index contributed by atoms with van der Waals surface area (Å²) in [5, 5.41) is 1.89. The van der Waals surface area contributed by atoms with Crippen molar-refractivity contribution in [1.29, 1.82) is 0 Å². The molecule has 42 heavy (non-hydrogen) atoms. The van der Waals surface area contributed by atoms with Crippen LogP contribution in [0, 0.1) is 5.82 Å². The van der Waals surface area contributed by atoms with Gasteiger partial charge in [0.1, 0.15) is 16.8 Å². The Hall–Kier alpha value is -5.02. The minimum Gasteiger partial charge on any atom is -0.451 e. The predicted molar refractivity (Wildman–Crippen MR) is 161 cm³/mol. The topological polar surface area (TPSA) is 76.4 Å². The number of benzene rings is 3. The van der Waals surface area contributed by atoms with Crippen molar-refractivity contribution in [3.05, 3.63) is 106 Å². The van der Waals surface area contributed by atoms with Crippen LogP contribution < -0.4 is 15.1 Å². The van der Waals surface area contributed by atoms with Crippen LogP contribution in [0.25, 0.3) is 27.4 Å². The molecule has 8 nitrogen and oxygen atoms in total. The molecule has 7 rings (SSSR count). The van der Waals surface area contributed by atoms with E-state index in [1.807, 2.05) is 67.6 Å². The van der Waals surface area contributed by atoms with Crippen LogP contribution in [0.2, 0.25) is 0 Å². The van der Waals surface area contributed by atoms with Crippen molar-refractivity contribution in [2.75, 3.05) is 31.2 Å². The number of pyridine rings is 1. The van der Waals surface area contributed by atoms with E-state index >= 15 is 4.39 Å². The standard InChI is InChI=1S/C33H27FN4O4/c1-21-8-4-2-3-7-13-37(20-35-21)30-26(34)18-24-29-32(30)42-27-12-11-22-9-5-6-10-23(22)28(27)38(29)19-25(31(24)39)33(40)36-14-16-41-17-15-36/h2,4-13,18-20H,3,14-17H2,1H3/b4-2?,13-7+,21-8+,35-20?. The van der Waals surface area contributed by atoms with Crippen LogP contribution in [0.1, 0.15) is 23.7 Å². The normalized spacial score (nSPS) is 18.4. The number of carbonyl (C=O) groups excluding carboxylic acids is 1. The van der Waals surface area contributed by atoms with Gasteiger partial charge in [0, 0.05) is 36.6 Å². The third-order valence-corrected chi connectivity index (χ3v) is 7.67. The molecule has 0 bridgehead atoms. The quantitative estimate of drug-likeness (QED) is 0.261. The zero-order valence-electron chi connectivity index (χ0n) is 22.9. The molecule has 210 valence electrons. The number of hydrogen-bond acceptors (Lipinski definition) is 6. The van der Waals surface area contributed by atoms with Crippen molar-refractivity contribution in [3.63, 3.8) is 0 Å². The van der Waals surface area contributed by atoms with Gasteiger partial charge in [-0.3, -0.25) is 9.59 Å². The Bertz CT molecular complexity index is 1950. The number of ether oxygens (including phenoxy) is 2. The molecular formula is C33H27FN4O4. The van der Waals surface area contributed by atoms with Gasteiger partial charge in [-0.25, -0.2) is 9.38 Å². The maximum Gasteiger partial charge on any atom is 0.259 e. The van der Waals surface area contributed by atoms with Gasteiger partial charge in [-0.15, -0.1) is 0 Å². The van der Waals surface area contributed by atoms with Crippen molar-refractivity contribution < 1.29 is 18.7 Å². The predicted octanol–water partition coefficient (Wildman–Crippen LogP) is 6.07. The minimum absolute atomic E-state index is 0.0312. The Kier molecular flexibility index (Phi) is 6.43. The van der Waals surface area contributed by atoms with Gasteiger partial charge >= 0.3 is 0 Å². The van der Waals surface area contributed by atoms with Gasteiger partial charge < -0.3 is 23.8 Å². The lowest BCUT2D eigenvalue weighted by atomic mass is 10.0. The smallest absolute Gasteiger partial charge is 0.259 e. The molecule has 1 saturated heterocycles. The zero-order valence-corrected chi connectivity index (χ0v) is 22.9. The van der Waals surface area contributed by atoms with E-state index in [9.17, 15) is 9.59 Å². The number of nitrogens with zero attached hydrogens (tertiary/aromatic N) is 4. The first-order chi connectivity index (χ1) is 20.5. The van der Waals surface area contributed by atoms with Crippen LogP contribution in [-0.4, -0.2) is 48.0 Å². The molecule has 0 unspecified atom stereocenters. The summed E-state index contributed by atoms with van der Waals surface area (Å²) in [6.07, 6.45) is 13.1. The Morgan fingerprint density at radius 2 is 1.86 bits per heavy atom. The second kappa shape index (κ2) is 10.4. The number of fused-ring (bicyclic) bond motifs is 4. The van der Waals surface area contributed by atoms with E-state index in [0.29, 0.717) is 49.7 Å². The van der Waals surface area contributed by atoms with E-state index in [1.165, 1.54) is 12.4 Å². The highest BCUT2D eigenvalue weighted by molar-refractivity contribution is 6.05. The summed E-state index contributed by atoms with van der Waals surface area (Å²) in [4.78, 5) is 35.2. The van der Waals surface area contributed by atoms with Gasteiger partial charge in [0.2, 0.25) is 5.43 Å². The number of halogens is 1. The van der Waals surface area contributed by atoms with Gasteiger partial charge in [0.15, 0.2) is 17.3 Å². The number of morpholine rings is 1. The summed E-state index contributed by atoms with van der Waals surface area (Å²) in [5.41, 5.74) is 1.32. The van der Waals surface area contributed by atoms with Crippen LogP contribution >= 0.6 is 0 Å². The van der Waals surface area contributed by atoms with E-state index in [1.54, 1.807) is 26.8 Å². The fraction of sp³-hybridized carbons (Fsp3) is 0.182. The third kappa shape index (κ3) is 4.29. The molecule has 0 aliphatic carbocycles. The highest BCUT2D eigenvalue weighted by Crippen LogP contribution is 2.48. The van der Waals surface area contributed by atoms with Crippen molar-refractivity contribution in [3.8, 4) is 17.2 Å². The minimum atomic E-state index is -0.674. The fourth-order valence-corrected chi connectivity index (χ4v) is 5.60. The van der Waals surface area contributed by atoms with Gasteiger partial charge in [0.25, 0.3) is 5.91 Å². The third-order valence-electron chi connectivity index (χ3n) is 7.67. The van der Waals surface area contributed by atoms with E-state index in [-0.39, 0.29) is 22.4 Å². The molecule has 9 heteroatoms. The summed E-state index contributed by atoms with van der Waals surface area (Å²) in [5.74, 6) is -0.439. The average molecular weight is 563 g/mol. The largest absolute Gasteiger partial charge is 0.451 e. The molecule has 3 aliphatic rings. The molecule has 3 aromatic carbocycles. The van der Waals surface area contributed by atoms with Gasteiger partial charge in [-0.1, -0.05) is 48.6 Å². The highest BCUT2D eigenvalue weighted by atomic mass is 19.1. The van der Waals surface area contributed by atoms with Crippen LogP contribution in [0.4, 0.5) is 10.1 Å². The van der Waals surface area contributed by atoms with Crippen molar-refractivity contribution >= 4 is 39.6 Å². The number of aliphatic imine (C=N–C) groups is 1. The number of amides is 1. The second-order valence-electron chi connectivity index (χ2n) is 10.3. The zero-order chi connectivity index (χ0) is 28.8. The lowest BCUT2D eigenvalue weighted by molar-refractivity contribution is 0.0302. The number of carbonyl (C=O) groups is 1. The Labute approximate surface area is 240 Å².